The number of hydrogen-bond acceptors (Lipinski definition) is 3. The molecule has 0 radical (unpaired) electrons. The van der Waals surface area contributed by atoms with Gasteiger partial charge in [0.1, 0.15) is 0 Å². The van der Waals surface area contributed by atoms with Crippen molar-refractivity contribution in [2.24, 2.45) is 11.7 Å². The molecule has 0 spiro atoms. The molecule has 1 rings (SSSR count). The van der Waals surface area contributed by atoms with E-state index in [2.05, 4.69) is 10.2 Å². The minimum Gasteiger partial charge on any atom is -0.356 e. The van der Waals surface area contributed by atoms with Gasteiger partial charge in [-0.25, -0.2) is 0 Å². The van der Waals surface area contributed by atoms with E-state index < -0.39 is 0 Å². The molecule has 4 nitrogen and oxygen atoms in total. The van der Waals surface area contributed by atoms with Crippen molar-refractivity contribution in [3.63, 3.8) is 0 Å². The predicted molar refractivity (Wildman–Crippen MR) is 80.0 cm³/mol. The van der Waals surface area contributed by atoms with Crippen molar-refractivity contribution in [2.45, 2.75) is 58.4 Å². The maximum atomic E-state index is 11.7. The second kappa shape index (κ2) is 9.32. The van der Waals surface area contributed by atoms with E-state index >= 15 is 0 Å². The molecule has 1 saturated heterocycles. The van der Waals surface area contributed by atoms with Gasteiger partial charge in [-0.2, -0.15) is 0 Å². The molecule has 1 aliphatic rings. The largest absolute Gasteiger partial charge is 0.356 e. The Bertz CT molecular complexity index is 250. The summed E-state index contributed by atoms with van der Waals surface area (Å²) in [5.74, 6) is -0.000574. The van der Waals surface area contributed by atoms with Crippen LogP contribution in [0.3, 0.4) is 0 Å². The summed E-state index contributed by atoms with van der Waals surface area (Å²) in [5, 5.41) is 2.97. The van der Waals surface area contributed by atoms with Gasteiger partial charge in [0.2, 0.25) is 5.91 Å². The third-order valence-electron chi connectivity index (χ3n) is 4.10. The zero-order valence-corrected chi connectivity index (χ0v) is 12.7. The molecular weight excluding hydrogens is 238 g/mol. The monoisotopic (exact) mass is 269 g/mol. The molecule has 112 valence electrons. The zero-order valence-electron chi connectivity index (χ0n) is 12.7. The maximum Gasteiger partial charge on any atom is 0.224 e. The van der Waals surface area contributed by atoms with Crippen molar-refractivity contribution >= 4 is 5.91 Å². The normalized spacial score (nSPS) is 19.9. The SMILES string of the molecule is CC(N)C(C)C(=O)NCCCCCN1CCCCC1. The number of nitrogens with zero attached hydrogens (tertiary/aromatic N) is 1. The Hall–Kier alpha value is -0.610. The van der Waals surface area contributed by atoms with E-state index in [4.69, 9.17) is 5.73 Å². The number of nitrogens with two attached hydrogens (primary N) is 1. The zero-order chi connectivity index (χ0) is 14.1. The molecule has 2 atom stereocenters. The van der Waals surface area contributed by atoms with Crippen LogP contribution in [0.25, 0.3) is 0 Å². The number of carbonyl (C=O) groups is 1. The molecule has 0 aromatic rings. The highest BCUT2D eigenvalue weighted by molar-refractivity contribution is 5.78. The van der Waals surface area contributed by atoms with Crippen LogP contribution in [0, 0.1) is 5.92 Å². The van der Waals surface area contributed by atoms with E-state index in [1.807, 2.05) is 13.8 Å². The summed E-state index contributed by atoms with van der Waals surface area (Å²) in [6.45, 7) is 8.34. The highest BCUT2D eigenvalue weighted by Gasteiger charge is 2.15. The number of rotatable bonds is 8. The molecule has 0 aromatic carbocycles. The van der Waals surface area contributed by atoms with Crippen LogP contribution < -0.4 is 11.1 Å². The molecule has 1 aliphatic heterocycles. The Morgan fingerprint density at radius 3 is 2.47 bits per heavy atom. The Kier molecular flexibility index (Phi) is 8.07. The van der Waals surface area contributed by atoms with Gasteiger partial charge in [-0.15, -0.1) is 0 Å². The van der Waals surface area contributed by atoms with Gasteiger partial charge >= 0.3 is 0 Å². The second-order valence-electron chi connectivity index (χ2n) is 5.90. The number of amides is 1. The van der Waals surface area contributed by atoms with Crippen LogP contribution in [-0.2, 0) is 4.79 Å². The summed E-state index contributed by atoms with van der Waals surface area (Å²) in [5.41, 5.74) is 5.71. The van der Waals surface area contributed by atoms with Crippen LogP contribution in [0.15, 0.2) is 0 Å². The minimum atomic E-state index is -0.0895. The Labute approximate surface area is 118 Å². The summed E-state index contributed by atoms with van der Waals surface area (Å²) >= 11 is 0. The first-order chi connectivity index (χ1) is 9.11. The van der Waals surface area contributed by atoms with Crippen molar-refractivity contribution in [2.75, 3.05) is 26.2 Å². The first-order valence-corrected chi connectivity index (χ1v) is 7.87. The van der Waals surface area contributed by atoms with E-state index in [0.717, 1.165) is 13.0 Å². The fourth-order valence-electron chi connectivity index (χ4n) is 2.43. The Balaban J connectivity index is 1.94. The smallest absolute Gasteiger partial charge is 0.224 e. The van der Waals surface area contributed by atoms with Crippen molar-refractivity contribution < 1.29 is 4.79 Å². The fourth-order valence-corrected chi connectivity index (χ4v) is 2.43. The average Bonchev–Trinajstić information content (AvgIpc) is 2.42. The van der Waals surface area contributed by atoms with Crippen LogP contribution >= 0.6 is 0 Å². The van der Waals surface area contributed by atoms with Crippen molar-refractivity contribution in [3.8, 4) is 0 Å². The van der Waals surface area contributed by atoms with Crippen LogP contribution in [0.4, 0.5) is 0 Å². The summed E-state index contributed by atoms with van der Waals surface area (Å²) in [6, 6.07) is -0.0703. The minimum absolute atomic E-state index is 0.0703. The molecule has 0 aromatic heterocycles. The molecular formula is C15H31N3O. The summed E-state index contributed by atoms with van der Waals surface area (Å²) in [7, 11) is 0. The van der Waals surface area contributed by atoms with Gasteiger partial charge in [-0.3, -0.25) is 4.79 Å². The number of carbonyl (C=O) groups excluding carboxylic acids is 1. The fraction of sp³-hybridized carbons (Fsp3) is 0.933. The third kappa shape index (κ3) is 6.92. The number of likely N-dealkylation sites (tertiary alicyclic amines) is 1. The molecule has 2 unspecified atom stereocenters. The quantitative estimate of drug-likeness (QED) is 0.660. The van der Waals surface area contributed by atoms with Crippen molar-refractivity contribution in [3.05, 3.63) is 0 Å². The molecule has 1 amide bonds. The number of nitrogens with one attached hydrogen (secondary N) is 1. The first kappa shape index (κ1) is 16.4. The number of piperidine rings is 1. The van der Waals surface area contributed by atoms with Crippen LogP contribution in [-0.4, -0.2) is 43.0 Å². The topological polar surface area (TPSA) is 58.4 Å². The van der Waals surface area contributed by atoms with Crippen LogP contribution in [0.2, 0.25) is 0 Å². The third-order valence-corrected chi connectivity index (χ3v) is 4.10. The van der Waals surface area contributed by atoms with Crippen LogP contribution in [0.5, 0.6) is 0 Å². The van der Waals surface area contributed by atoms with E-state index in [-0.39, 0.29) is 17.9 Å². The molecule has 4 heteroatoms. The average molecular weight is 269 g/mol. The van der Waals surface area contributed by atoms with Crippen molar-refractivity contribution in [1.29, 1.82) is 0 Å². The maximum absolute atomic E-state index is 11.7. The van der Waals surface area contributed by atoms with E-state index in [0.29, 0.717) is 0 Å². The Morgan fingerprint density at radius 2 is 1.84 bits per heavy atom. The van der Waals surface area contributed by atoms with Crippen molar-refractivity contribution in [1.82, 2.24) is 10.2 Å². The summed E-state index contributed by atoms with van der Waals surface area (Å²) in [6.07, 6.45) is 7.66. The second-order valence-corrected chi connectivity index (χ2v) is 5.90. The molecule has 0 aliphatic carbocycles. The molecule has 1 fully saturated rings. The molecule has 1 heterocycles. The van der Waals surface area contributed by atoms with Gasteiger partial charge in [0.05, 0.1) is 0 Å². The summed E-state index contributed by atoms with van der Waals surface area (Å²) in [4.78, 5) is 14.2. The van der Waals surface area contributed by atoms with Gasteiger partial charge in [-0.1, -0.05) is 19.8 Å². The molecule has 0 bridgehead atoms. The first-order valence-electron chi connectivity index (χ1n) is 7.87. The molecule has 19 heavy (non-hydrogen) atoms. The molecule has 0 saturated carbocycles. The lowest BCUT2D eigenvalue weighted by atomic mass is 10.0. The lowest BCUT2D eigenvalue weighted by Crippen LogP contribution is -2.38. The van der Waals surface area contributed by atoms with Gasteiger partial charge in [-0.05, 0) is 52.2 Å². The number of unbranched alkanes of at least 4 members (excludes halogenated alkanes) is 2. The number of hydrogen-bond donors (Lipinski definition) is 2. The lowest BCUT2D eigenvalue weighted by molar-refractivity contribution is -0.124. The lowest BCUT2D eigenvalue weighted by Gasteiger charge is -2.26. The molecule has 3 N–H and O–H groups in total. The van der Waals surface area contributed by atoms with E-state index in [1.165, 1.54) is 51.7 Å². The van der Waals surface area contributed by atoms with Gasteiger partial charge < -0.3 is 16.0 Å². The Morgan fingerprint density at radius 1 is 1.16 bits per heavy atom. The standard InChI is InChI=1S/C15H31N3O/c1-13(14(2)16)15(19)17-9-5-3-6-10-18-11-7-4-8-12-18/h13-14H,3-12,16H2,1-2H3,(H,17,19). The predicted octanol–water partition coefficient (Wildman–Crippen LogP) is 1.74. The van der Waals surface area contributed by atoms with Gasteiger partial charge in [0.25, 0.3) is 0 Å². The van der Waals surface area contributed by atoms with Gasteiger partial charge in [0.15, 0.2) is 0 Å². The highest BCUT2D eigenvalue weighted by atomic mass is 16.1. The summed E-state index contributed by atoms with van der Waals surface area (Å²) < 4.78 is 0. The van der Waals surface area contributed by atoms with E-state index in [9.17, 15) is 4.79 Å². The van der Waals surface area contributed by atoms with Gasteiger partial charge in [0, 0.05) is 18.5 Å². The highest BCUT2D eigenvalue weighted by Crippen LogP contribution is 2.09. The van der Waals surface area contributed by atoms with E-state index in [1.54, 1.807) is 0 Å². The van der Waals surface area contributed by atoms with Crippen LogP contribution in [0.1, 0.15) is 52.4 Å².